The van der Waals surface area contributed by atoms with Crippen molar-refractivity contribution in [3.05, 3.63) is 11.1 Å². The minimum absolute atomic E-state index is 0.180. The molecule has 1 N–H and O–H groups in total. The van der Waals surface area contributed by atoms with Gasteiger partial charge in [-0.3, -0.25) is 4.79 Å². The number of ketones is 1. The van der Waals surface area contributed by atoms with Gasteiger partial charge in [-0.25, -0.2) is 0 Å². The number of nitrogens with one attached hydrogen (secondary N) is 1. The predicted octanol–water partition coefficient (Wildman–Crippen LogP) is 3.86. The molecule has 0 bridgehead atoms. The van der Waals surface area contributed by atoms with Crippen LogP contribution in [0.2, 0.25) is 0 Å². The van der Waals surface area contributed by atoms with E-state index in [4.69, 9.17) is 0 Å². The minimum atomic E-state index is 0.180. The van der Waals surface area contributed by atoms with Gasteiger partial charge in [0.1, 0.15) is 0 Å². The molecule has 2 nitrogen and oxygen atoms in total. The third-order valence-electron chi connectivity index (χ3n) is 6.69. The summed E-state index contributed by atoms with van der Waals surface area (Å²) < 4.78 is 0. The Bertz CT molecular complexity index is 490. The molecule has 1 heterocycles. The average Bonchev–Trinajstić information content (AvgIpc) is 2.45. The van der Waals surface area contributed by atoms with Gasteiger partial charge in [0.2, 0.25) is 0 Å². The van der Waals surface area contributed by atoms with E-state index in [1.165, 1.54) is 50.5 Å². The van der Waals surface area contributed by atoms with E-state index in [9.17, 15) is 4.79 Å². The second kappa shape index (κ2) is 4.94. The van der Waals surface area contributed by atoms with E-state index >= 15 is 0 Å². The Balaban J connectivity index is 1.72. The van der Waals surface area contributed by atoms with Crippen molar-refractivity contribution >= 4 is 5.78 Å². The molecule has 3 aliphatic carbocycles. The van der Waals surface area contributed by atoms with E-state index in [0.29, 0.717) is 17.7 Å². The van der Waals surface area contributed by atoms with Gasteiger partial charge in [-0.15, -0.1) is 0 Å². The lowest BCUT2D eigenvalue weighted by Gasteiger charge is -2.51. The Morgan fingerprint density at radius 3 is 2.71 bits per heavy atom. The van der Waals surface area contributed by atoms with E-state index in [-0.39, 0.29) is 5.41 Å². The van der Waals surface area contributed by atoms with Crippen molar-refractivity contribution < 1.29 is 4.79 Å². The van der Waals surface area contributed by atoms with Crippen molar-refractivity contribution in [1.82, 2.24) is 5.32 Å². The van der Waals surface area contributed by atoms with Crippen LogP contribution in [-0.4, -0.2) is 18.4 Å². The quantitative estimate of drug-likeness (QED) is 0.733. The molecule has 0 saturated heterocycles. The largest absolute Gasteiger partial charge is 0.309 e. The number of fused-ring (bicyclic) bond motifs is 4. The van der Waals surface area contributed by atoms with Gasteiger partial charge in [0.15, 0.2) is 5.78 Å². The van der Waals surface area contributed by atoms with Gasteiger partial charge in [-0.05, 0) is 48.9 Å². The second-order valence-electron chi connectivity index (χ2n) is 8.74. The Labute approximate surface area is 128 Å². The summed E-state index contributed by atoms with van der Waals surface area (Å²) in [4.78, 5) is 12.6. The maximum Gasteiger partial charge on any atom is 0.160 e. The Hall–Kier alpha value is -0.630. The summed E-state index contributed by atoms with van der Waals surface area (Å²) in [5.74, 6) is 2.91. The van der Waals surface area contributed by atoms with Crippen LogP contribution in [-0.2, 0) is 4.79 Å². The van der Waals surface area contributed by atoms with Gasteiger partial charge in [-0.1, -0.05) is 38.7 Å². The molecule has 0 amide bonds. The lowest BCUT2D eigenvalue weighted by molar-refractivity contribution is -0.118. The topological polar surface area (TPSA) is 29.1 Å². The summed E-state index contributed by atoms with van der Waals surface area (Å²) in [6.07, 6.45) is 10.3. The first-order valence-electron chi connectivity index (χ1n) is 9.04. The van der Waals surface area contributed by atoms with Gasteiger partial charge in [0.05, 0.1) is 0 Å². The zero-order chi connectivity index (χ0) is 14.6. The van der Waals surface area contributed by atoms with Gasteiger partial charge >= 0.3 is 0 Å². The molecule has 4 unspecified atom stereocenters. The SMILES string of the molecule is CC1(C)CC(=O)C2=C(C1)C1C(CCC3CCCCC31)NC2. The maximum atomic E-state index is 12.6. The standard InChI is InChI=1S/C19H29NO/c1-19(2)9-14-15(17(21)10-19)11-20-16-8-7-12-5-3-4-6-13(12)18(14)16/h12-13,16,18,20H,3-11H2,1-2H3. The molecule has 116 valence electrons. The van der Waals surface area contributed by atoms with E-state index in [2.05, 4.69) is 19.2 Å². The molecule has 0 aromatic carbocycles. The zero-order valence-corrected chi connectivity index (χ0v) is 13.6. The van der Waals surface area contributed by atoms with Crippen molar-refractivity contribution in [3.8, 4) is 0 Å². The van der Waals surface area contributed by atoms with Crippen molar-refractivity contribution in [2.45, 2.75) is 71.3 Å². The third-order valence-corrected chi connectivity index (χ3v) is 6.69. The molecule has 21 heavy (non-hydrogen) atoms. The number of carbonyl (C=O) groups is 1. The van der Waals surface area contributed by atoms with Gasteiger partial charge in [0, 0.05) is 24.6 Å². The van der Waals surface area contributed by atoms with Crippen LogP contribution in [0, 0.1) is 23.2 Å². The number of Topliss-reactive ketones (excluding diaryl/α,β-unsaturated/α-hetero) is 1. The van der Waals surface area contributed by atoms with Crippen LogP contribution in [0.25, 0.3) is 0 Å². The fourth-order valence-electron chi connectivity index (χ4n) is 5.84. The summed E-state index contributed by atoms with van der Waals surface area (Å²) >= 11 is 0. The van der Waals surface area contributed by atoms with Crippen molar-refractivity contribution in [2.24, 2.45) is 23.2 Å². The molecule has 2 heteroatoms. The highest BCUT2D eigenvalue weighted by Crippen LogP contribution is 2.52. The highest BCUT2D eigenvalue weighted by molar-refractivity contribution is 5.98. The van der Waals surface area contributed by atoms with Gasteiger partial charge in [-0.2, -0.15) is 0 Å². The maximum absolute atomic E-state index is 12.6. The van der Waals surface area contributed by atoms with Crippen LogP contribution in [0.15, 0.2) is 11.1 Å². The van der Waals surface area contributed by atoms with E-state index in [0.717, 1.165) is 24.8 Å². The highest BCUT2D eigenvalue weighted by atomic mass is 16.1. The molecular weight excluding hydrogens is 258 g/mol. The number of rotatable bonds is 0. The molecular formula is C19H29NO. The van der Waals surface area contributed by atoms with Crippen molar-refractivity contribution in [3.63, 3.8) is 0 Å². The van der Waals surface area contributed by atoms with Crippen LogP contribution < -0.4 is 5.32 Å². The molecule has 0 radical (unpaired) electrons. The lowest BCUT2D eigenvalue weighted by atomic mass is 9.57. The smallest absolute Gasteiger partial charge is 0.160 e. The fourth-order valence-corrected chi connectivity index (χ4v) is 5.84. The fraction of sp³-hybridized carbons (Fsp3) is 0.842. The van der Waals surface area contributed by atoms with Crippen LogP contribution in [0.4, 0.5) is 0 Å². The van der Waals surface area contributed by atoms with Crippen LogP contribution >= 0.6 is 0 Å². The van der Waals surface area contributed by atoms with E-state index in [1.807, 2.05) is 0 Å². The second-order valence-corrected chi connectivity index (χ2v) is 8.74. The van der Waals surface area contributed by atoms with Crippen LogP contribution in [0.3, 0.4) is 0 Å². The number of hydrogen-bond acceptors (Lipinski definition) is 2. The first-order chi connectivity index (χ1) is 10.1. The highest BCUT2D eigenvalue weighted by Gasteiger charge is 2.47. The number of hydrogen-bond donors (Lipinski definition) is 1. The molecule has 4 rings (SSSR count). The third kappa shape index (κ3) is 2.30. The Morgan fingerprint density at radius 2 is 1.86 bits per heavy atom. The molecule has 4 aliphatic rings. The average molecular weight is 287 g/mol. The van der Waals surface area contributed by atoms with Crippen LogP contribution in [0.1, 0.15) is 65.2 Å². The first-order valence-corrected chi connectivity index (χ1v) is 9.04. The summed E-state index contributed by atoms with van der Waals surface area (Å²) in [5, 5.41) is 3.73. The number of carbonyl (C=O) groups excluding carboxylic acids is 1. The normalized spacial score (nSPS) is 42.1. The summed E-state index contributed by atoms with van der Waals surface area (Å²) in [7, 11) is 0. The first kappa shape index (κ1) is 14.0. The monoisotopic (exact) mass is 287 g/mol. The van der Waals surface area contributed by atoms with E-state index in [1.54, 1.807) is 5.57 Å². The van der Waals surface area contributed by atoms with Crippen molar-refractivity contribution in [1.29, 1.82) is 0 Å². The molecule has 0 aromatic heterocycles. The lowest BCUT2D eigenvalue weighted by Crippen LogP contribution is -2.53. The van der Waals surface area contributed by atoms with Gasteiger partial charge < -0.3 is 5.32 Å². The summed E-state index contributed by atoms with van der Waals surface area (Å²) in [6.45, 7) is 5.42. The zero-order valence-electron chi connectivity index (χ0n) is 13.6. The predicted molar refractivity (Wildman–Crippen MR) is 85.0 cm³/mol. The minimum Gasteiger partial charge on any atom is -0.309 e. The molecule has 4 atom stereocenters. The molecule has 0 aromatic rings. The summed E-state index contributed by atoms with van der Waals surface area (Å²) in [6, 6.07) is 0.657. The summed E-state index contributed by atoms with van der Waals surface area (Å²) in [5.41, 5.74) is 2.94. The Morgan fingerprint density at radius 1 is 1.05 bits per heavy atom. The van der Waals surface area contributed by atoms with Crippen molar-refractivity contribution in [2.75, 3.05) is 6.54 Å². The molecule has 1 aliphatic heterocycles. The Kier molecular flexibility index (Phi) is 3.29. The molecule has 2 fully saturated rings. The molecule has 0 spiro atoms. The van der Waals surface area contributed by atoms with Crippen LogP contribution in [0.5, 0.6) is 0 Å². The van der Waals surface area contributed by atoms with Gasteiger partial charge in [0.25, 0.3) is 0 Å². The van der Waals surface area contributed by atoms with E-state index < -0.39 is 0 Å². The molecule has 2 saturated carbocycles.